The summed E-state index contributed by atoms with van der Waals surface area (Å²) in [5.41, 5.74) is 2.02. The van der Waals surface area contributed by atoms with E-state index in [1.807, 2.05) is 60.7 Å². The summed E-state index contributed by atoms with van der Waals surface area (Å²) in [5, 5.41) is 14.8. The highest BCUT2D eigenvalue weighted by molar-refractivity contribution is 5.97. The van der Waals surface area contributed by atoms with E-state index in [-0.39, 0.29) is 5.91 Å². The lowest BCUT2D eigenvalue weighted by molar-refractivity contribution is -0.137. The molecule has 2 aromatic rings. The van der Waals surface area contributed by atoms with Crippen LogP contribution in [0.4, 0.5) is 0 Å². The van der Waals surface area contributed by atoms with E-state index in [2.05, 4.69) is 10.6 Å². The van der Waals surface area contributed by atoms with E-state index >= 15 is 0 Å². The second-order valence-corrected chi connectivity index (χ2v) is 7.17. The maximum absolute atomic E-state index is 12.8. The molecule has 4 atom stereocenters. The van der Waals surface area contributed by atoms with Gasteiger partial charge in [0, 0.05) is 13.0 Å². The van der Waals surface area contributed by atoms with E-state index in [0.717, 1.165) is 11.1 Å². The minimum Gasteiger partial charge on any atom is -0.480 e. The van der Waals surface area contributed by atoms with Gasteiger partial charge in [0.15, 0.2) is 0 Å². The number of nitrogens with one attached hydrogen (secondary N) is 2. The molecule has 1 aliphatic rings. The van der Waals surface area contributed by atoms with Gasteiger partial charge in [-0.05, 0) is 24.6 Å². The molecule has 1 unspecified atom stereocenters. The number of carbonyl (C=O) groups excluding carboxylic acids is 2. The van der Waals surface area contributed by atoms with Gasteiger partial charge < -0.3 is 15.7 Å². The van der Waals surface area contributed by atoms with Crippen molar-refractivity contribution in [3.63, 3.8) is 0 Å². The Kier molecular flexibility index (Phi) is 6.61. The summed E-state index contributed by atoms with van der Waals surface area (Å²) >= 11 is 0. The number of benzene rings is 2. The minimum absolute atomic E-state index is 0.284. The van der Waals surface area contributed by atoms with Gasteiger partial charge in [-0.3, -0.25) is 19.3 Å². The van der Waals surface area contributed by atoms with Crippen molar-refractivity contribution in [2.24, 2.45) is 0 Å². The number of carboxylic acid groups (broad SMARTS) is 1. The predicted molar refractivity (Wildman–Crippen MR) is 108 cm³/mol. The zero-order chi connectivity index (χ0) is 20.8. The van der Waals surface area contributed by atoms with Crippen molar-refractivity contribution in [2.45, 2.75) is 31.0 Å². The minimum atomic E-state index is -1.04. The summed E-state index contributed by atoms with van der Waals surface area (Å²) < 4.78 is 0. The molecular weight excluding hydrogens is 370 g/mol. The summed E-state index contributed by atoms with van der Waals surface area (Å²) in [5.74, 6) is -1.77. The van der Waals surface area contributed by atoms with Crippen molar-refractivity contribution in [3.8, 4) is 0 Å². The fourth-order valence-corrected chi connectivity index (χ4v) is 3.39. The molecule has 29 heavy (non-hydrogen) atoms. The average Bonchev–Trinajstić information content (AvgIpc) is 3.40. The third-order valence-electron chi connectivity index (χ3n) is 5.08. The molecule has 1 aliphatic heterocycles. The van der Waals surface area contributed by atoms with Gasteiger partial charge in [0.2, 0.25) is 11.8 Å². The van der Waals surface area contributed by atoms with Gasteiger partial charge in [0.1, 0.15) is 18.1 Å². The van der Waals surface area contributed by atoms with Crippen LogP contribution >= 0.6 is 0 Å². The first-order valence-electron chi connectivity index (χ1n) is 9.58. The Hall–Kier alpha value is -3.19. The lowest BCUT2D eigenvalue weighted by Crippen LogP contribution is -2.50. The molecule has 2 amide bonds. The van der Waals surface area contributed by atoms with Crippen molar-refractivity contribution < 1.29 is 19.5 Å². The molecule has 0 spiro atoms. The van der Waals surface area contributed by atoms with Crippen LogP contribution in [0.15, 0.2) is 60.7 Å². The molecule has 0 saturated carbocycles. The summed E-state index contributed by atoms with van der Waals surface area (Å²) in [7, 11) is 1.58. The van der Waals surface area contributed by atoms with E-state index in [1.165, 1.54) is 4.90 Å². The Balaban J connectivity index is 1.61. The summed E-state index contributed by atoms with van der Waals surface area (Å²) in [6, 6.07) is 16.9. The van der Waals surface area contributed by atoms with Gasteiger partial charge in [0.25, 0.3) is 0 Å². The summed E-state index contributed by atoms with van der Waals surface area (Å²) in [6.45, 7) is 0.449. The molecule has 0 aromatic heterocycles. The number of hydrogen-bond donors (Lipinski definition) is 3. The first kappa shape index (κ1) is 20.5. The predicted octanol–water partition coefficient (Wildman–Crippen LogP) is 0.840. The second kappa shape index (κ2) is 9.34. The number of hydrogen-bond acceptors (Lipinski definition) is 4. The Labute approximate surface area is 169 Å². The number of carboxylic acids is 1. The standard InChI is InChI=1S/C22H25N3O4/c1-25-18(19(25)22(28)29)21(27)24-17(14-16-10-6-3-7-11-16)20(26)23-13-12-15-8-4-2-5-9-15/h2-11,17-19H,12-14H2,1H3,(H,23,26)(H,24,27)(H,28,29)/t17-,18-,19-,25?/m0/s1. The van der Waals surface area contributed by atoms with E-state index in [9.17, 15) is 14.4 Å². The van der Waals surface area contributed by atoms with E-state index in [1.54, 1.807) is 7.05 Å². The number of rotatable bonds is 9. The van der Waals surface area contributed by atoms with Crippen LogP contribution in [0.1, 0.15) is 11.1 Å². The van der Waals surface area contributed by atoms with Crippen molar-refractivity contribution >= 4 is 17.8 Å². The van der Waals surface area contributed by atoms with Gasteiger partial charge in [-0.15, -0.1) is 0 Å². The number of nitrogens with zero attached hydrogens (tertiary/aromatic N) is 1. The topological polar surface area (TPSA) is 98.5 Å². The fourth-order valence-electron chi connectivity index (χ4n) is 3.39. The average molecular weight is 395 g/mol. The van der Waals surface area contributed by atoms with Crippen molar-refractivity contribution in [1.29, 1.82) is 0 Å². The van der Waals surface area contributed by atoms with Gasteiger partial charge in [-0.2, -0.15) is 0 Å². The van der Waals surface area contributed by atoms with Crippen LogP contribution in [0.2, 0.25) is 0 Å². The Bertz CT molecular complexity index is 857. The maximum Gasteiger partial charge on any atom is 0.323 e. The van der Waals surface area contributed by atoms with Crippen molar-refractivity contribution in [3.05, 3.63) is 71.8 Å². The number of amides is 2. The van der Waals surface area contributed by atoms with Crippen molar-refractivity contribution in [2.75, 3.05) is 13.6 Å². The summed E-state index contributed by atoms with van der Waals surface area (Å²) in [6.07, 6.45) is 1.02. The Morgan fingerprint density at radius 3 is 2.10 bits per heavy atom. The van der Waals surface area contributed by atoms with Crippen LogP contribution in [0.5, 0.6) is 0 Å². The number of carbonyl (C=O) groups is 3. The van der Waals surface area contributed by atoms with Crippen LogP contribution in [-0.4, -0.2) is 59.5 Å². The van der Waals surface area contributed by atoms with Crippen LogP contribution in [-0.2, 0) is 27.2 Å². The van der Waals surface area contributed by atoms with Crippen LogP contribution in [0, 0.1) is 0 Å². The van der Waals surface area contributed by atoms with Gasteiger partial charge in [-0.25, -0.2) is 0 Å². The third kappa shape index (κ3) is 5.42. The SMILES string of the molecule is CN1[C@H](C(=O)O)[C@H]1C(=O)N[C@@H](Cc1ccccc1)C(=O)NCCc1ccccc1. The zero-order valence-electron chi connectivity index (χ0n) is 16.2. The molecule has 1 fully saturated rings. The molecule has 0 aliphatic carbocycles. The molecule has 1 saturated heterocycles. The lowest BCUT2D eigenvalue weighted by Gasteiger charge is -2.19. The van der Waals surface area contributed by atoms with Crippen LogP contribution in [0.25, 0.3) is 0 Å². The lowest BCUT2D eigenvalue weighted by atomic mass is 10.0. The van der Waals surface area contributed by atoms with Gasteiger partial charge >= 0.3 is 5.97 Å². The number of aliphatic carboxylic acids is 1. The molecule has 152 valence electrons. The highest BCUT2D eigenvalue weighted by Gasteiger charge is 2.55. The largest absolute Gasteiger partial charge is 0.480 e. The Morgan fingerprint density at radius 1 is 0.966 bits per heavy atom. The highest BCUT2D eigenvalue weighted by Crippen LogP contribution is 2.26. The molecule has 2 aromatic carbocycles. The van der Waals surface area contributed by atoms with Crippen molar-refractivity contribution in [1.82, 2.24) is 15.5 Å². The monoisotopic (exact) mass is 395 g/mol. The quantitative estimate of drug-likeness (QED) is 0.547. The summed E-state index contributed by atoms with van der Waals surface area (Å²) in [4.78, 5) is 37.9. The molecule has 0 radical (unpaired) electrons. The van der Waals surface area contributed by atoms with Crippen LogP contribution in [0.3, 0.4) is 0 Å². The molecule has 7 heteroatoms. The molecule has 0 bridgehead atoms. The first-order chi connectivity index (χ1) is 14.0. The van der Waals surface area contributed by atoms with Gasteiger partial charge in [0.05, 0.1) is 0 Å². The van der Waals surface area contributed by atoms with E-state index < -0.39 is 30.0 Å². The number of likely N-dealkylation sites (N-methyl/N-ethyl adjacent to an activating group) is 1. The smallest absolute Gasteiger partial charge is 0.323 e. The maximum atomic E-state index is 12.8. The van der Waals surface area contributed by atoms with E-state index in [4.69, 9.17) is 5.11 Å². The molecule has 1 heterocycles. The first-order valence-corrected chi connectivity index (χ1v) is 9.58. The highest BCUT2D eigenvalue weighted by atomic mass is 16.4. The van der Waals surface area contributed by atoms with Crippen LogP contribution < -0.4 is 10.6 Å². The molecule has 3 N–H and O–H groups in total. The normalized spacial score (nSPS) is 21.1. The molecular formula is C22H25N3O4. The third-order valence-corrected chi connectivity index (χ3v) is 5.08. The van der Waals surface area contributed by atoms with E-state index in [0.29, 0.717) is 19.4 Å². The molecule has 3 rings (SSSR count). The fraction of sp³-hybridized carbons (Fsp3) is 0.318. The molecule has 7 nitrogen and oxygen atoms in total. The zero-order valence-corrected chi connectivity index (χ0v) is 16.2. The van der Waals surface area contributed by atoms with Gasteiger partial charge in [-0.1, -0.05) is 60.7 Å². The Morgan fingerprint density at radius 2 is 1.55 bits per heavy atom. The second-order valence-electron chi connectivity index (χ2n) is 7.17.